The molecule has 1 N–H and O–H groups in total. The van der Waals surface area contributed by atoms with Crippen molar-refractivity contribution in [2.24, 2.45) is 0 Å². The lowest BCUT2D eigenvalue weighted by Gasteiger charge is -2.04. The minimum absolute atomic E-state index is 0.557. The number of hydrogen-bond acceptors (Lipinski definition) is 1. The van der Waals surface area contributed by atoms with E-state index in [4.69, 9.17) is 5.11 Å². The van der Waals surface area contributed by atoms with Gasteiger partial charge in [0.2, 0.25) is 0 Å². The van der Waals surface area contributed by atoms with Crippen molar-refractivity contribution in [3.05, 3.63) is 54.9 Å². The number of rotatable bonds is 3. The van der Waals surface area contributed by atoms with Crippen LogP contribution in [0.25, 0.3) is 11.1 Å². The van der Waals surface area contributed by atoms with E-state index < -0.39 is 12.0 Å². The van der Waals surface area contributed by atoms with Crippen LogP contribution >= 0.6 is 0 Å². The third-order valence-electron chi connectivity index (χ3n) is 2.73. The molecular formula is C14H14NO2+. The van der Waals surface area contributed by atoms with E-state index in [0.717, 1.165) is 11.1 Å². The van der Waals surface area contributed by atoms with Crippen LogP contribution in [0.1, 0.15) is 13.0 Å². The fourth-order valence-corrected chi connectivity index (χ4v) is 1.66. The van der Waals surface area contributed by atoms with Crippen molar-refractivity contribution >= 4 is 5.97 Å². The first-order valence-electron chi connectivity index (χ1n) is 5.47. The van der Waals surface area contributed by atoms with Gasteiger partial charge in [-0.1, -0.05) is 30.3 Å². The zero-order chi connectivity index (χ0) is 12.3. The van der Waals surface area contributed by atoms with Crippen molar-refractivity contribution in [3.8, 4) is 11.1 Å². The van der Waals surface area contributed by atoms with Gasteiger partial charge in [0.25, 0.3) is 6.04 Å². The molecule has 0 saturated heterocycles. The third-order valence-corrected chi connectivity index (χ3v) is 2.73. The Bertz CT molecular complexity index is 523. The average molecular weight is 228 g/mol. The van der Waals surface area contributed by atoms with Crippen molar-refractivity contribution in [1.82, 2.24) is 0 Å². The molecule has 0 amide bonds. The van der Waals surface area contributed by atoms with E-state index in [0.29, 0.717) is 0 Å². The summed E-state index contributed by atoms with van der Waals surface area (Å²) in [6, 6.07) is 13.2. The van der Waals surface area contributed by atoms with Gasteiger partial charge >= 0.3 is 5.97 Å². The first-order chi connectivity index (χ1) is 8.18. The van der Waals surface area contributed by atoms with Gasteiger partial charge in [0.05, 0.1) is 0 Å². The molecule has 0 bridgehead atoms. The second-order valence-electron chi connectivity index (χ2n) is 3.92. The van der Waals surface area contributed by atoms with Crippen molar-refractivity contribution in [3.63, 3.8) is 0 Å². The number of hydrogen-bond donors (Lipinski definition) is 1. The van der Waals surface area contributed by atoms with E-state index in [9.17, 15) is 4.79 Å². The number of carbonyl (C=O) groups is 1. The summed E-state index contributed by atoms with van der Waals surface area (Å²) in [7, 11) is 0. The van der Waals surface area contributed by atoms with Crippen LogP contribution in [0.3, 0.4) is 0 Å². The first-order valence-corrected chi connectivity index (χ1v) is 5.47. The molecule has 0 aliphatic heterocycles. The van der Waals surface area contributed by atoms with Crippen LogP contribution in [0.2, 0.25) is 0 Å². The predicted molar refractivity (Wildman–Crippen MR) is 64.4 cm³/mol. The molecule has 0 saturated carbocycles. The summed E-state index contributed by atoms with van der Waals surface area (Å²) in [5.41, 5.74) is 2.10. The minimum atomic E-state index is -0.833. The molecule has 3 nitrogen and oxygen atoms in total. The molecule has 0 aliphatic carbocycles. The van der Waals surface area contributed by atoms with Crippen LogP contribution in [0.4, 0.5) is 0 Å². The number of aromatic nitrogens is 1. The van der Waals surface area contributed by atoms with Gasteiger partial charge in [-0.15, -0.1) is 0 Å². The molecule has 0 spiro atoms. The summed E-state index contributed by atoms with van der Waals surface area (Å²) in [6.07, 6.45) is 3.62. The highest BCUT2D eigenvalue weighted by atomic mass is 16.4. The highest BCUT2D eigenvalue weighted by molar-refractivity contribution is 5.69. The molecule has 1 heterocycles. The van der Waals surface area contributed by atoms with Gasteiger partial charge < -0.3 is 5.11 Å². The Morgan fingerprint density at radius 2 is 1.76 bits per heavy atom. The van der Waals surface area contributed by atoms with Crippen LogP contribution in [0, 0.1) is 0 Å². The van der Waals surface area contributed by atoms with Gasteiger partial charge in [-0.05, 0) is 11.6 Å². The van der Waals surface area contributed by atoms with E-state index in [1.165, 1.54) is 0 Å². The quantitative estimate of drug-likeness (QED) is 0.819. The highest BCUT2D eigenvalue weighted by Crippen LogP contribution is 2.16. The van der Waals surface area contributed by atoms with Crippen molar-refractivity contribution in [1.29, 1.82) is 0 Å². The summed E-state index contributed by atoms with van der Waals surface area (Å²) in [6.45, 7) is 1.66. The molecule has 1 aromatic carbocycles. The monoisotopic (exact) mass is 228 g/mol. The maximum atomic E-state index is 10.9. The number of aliphatic carboxylic acids is 1. The smallest absolute Gasteiger partial charge is 0.373 e. The maximum Gasteiger partial charge on any atom is 0.373 e. The molecule has 2 aromatic rings. The first kappa shape index (κ1) is 11.3. The van der Waals surface area contributed by atoms with Gasteiger partial charge in [-0.2, -0.15) is 4.57 Å². The molecule has 0 aliphatic rings. The SMILES string of the molecule is C[C@@H](C(=O)O)[n+]1cccc(-c2ccccc2)c1. The lowest BCUT2D eigenvalue weighted by atomic mass is 10.1. The van der Waals surface area contributed by atoms with Gasteiger partial charge in [0.15, 0.2) is 12.4 Å². The van der Waals surface area contributed by atoms with Gasteiger partial charge in [0.1, 0.15) is 0 Å². The minimum Gasteiger partial charge on any atom is -0.476 e. The van der Waals surface area contributed by atoms with Gasteiger partial charge in [-0.3, -0.25) is 0 Å². The Morgan fingerprint density at radius 1 is 1.12 bits per heavy atom. The molecular weight excluding hydrogens is 214 g/mol. The lowest BCUT2D eigenvalue weighted by molar-refractivity contribution is -0.707. The van der Waals surface area contributed by atoms with Gasteiger partial charge in [0, 0.05) is 18.6 Å². The summed E-state index contributed by atoms with van der Waals surface area (Å²) in [5, 5.41) is 8.98. The maximum absolute atomic E-state index is 10.9. The summed E-state index contributed by atoms with van der Waals surface area (Å²) in [4.78, 5) is 10.9. The summed E-state index contributed by atoms with van der Waals surface area (Å²) < 4.78 is 1.70. The molecule has 17 heavy (non-hydrogen) atoms. The molecule has 3 heteroatoms. The van der Waals surface area contributed by atoms with Crippen LogP contribution in [0.15, 0.2) is 54.9 Å². The molecule has 2 rings (SSSR count). The van der Waals surface area contributed by atoms with Crippen LogP contribution in [0.5, 0.6) is 0 Å². The Hall–Kier alpha value is -2.16. The van der Waals surface area contributed by atoms with Crippen LogP contribution in [-0.2, 0) is 4.79 Å². The molecule has 86 valence electrons. The fourth-order valence-electron chi connectivity index (χ4n) is 1.66. The van der Waals surface area contributed by atoms with Crippen LogP contribution in [-0.4, -0.2) is 11.1 Å². The van der Waals surface area contributed by atoms with Crippen LogP contribution < -0.4 is 4.57 Å². The topological polar surface area (TPSA) is 41.2 Å². The fraction of sp³-hybridized carbons (Fsp3) is 0.143. The van der Waals surface area contributed by atoms with Gasteiger partial charge in [-0.25, -0.2) is 4.79 Å². The standard InChI is InChI=1S/C14H13NO2/c1-11(14(16)17)15-9-5-8-13(10-15)12-6-3-2-4-7-12/h2-11H,1H3/p+1/t11-/m0/s1. The number of nitrogens with zero attached hydrogens (tertiary/aromatic N) is 1. The third kappa shape index (κ3) is 2.50. The zero-order valence-electron chi connectivity index (χ0n) is 9.58. The molecule has 1 atom stereocenters. The number of carboxylic acid groups (broad SMARTS) is 1. The normalized spacial score (nSPS) is 12.1. The number of pyridine rings is 1. The number of carboxylic acids is 1. The molecule has 0 unspecified atom stereocenters. The Morgan fingerprint density at radius 3 is 2.41 bits per heavy atom. The summed E-state index contributed by atoms with van der Waals surface area (Å²) >= 11 is 0. The van der Waals surface area contributed by atoms with E-state index >= 15 is 0 Å². The lowest BCUT2D eigenvalue weighted by Crippen LogP contribution is -2.41. The van der Waals surface area contributed by atoms with E-state index in [1.54, 1.807) is 17.7 Å². The van der Waals surface area contributed by atoms with E-state index in [-0.39, 0.29) is 0 Å². The van der Waals surface area contributed by atoms with Crippen molar-refractivity contribution in [2.75, 3.05) is 0 Å². The summed E-state index contributed by atoms with van der Waals surface area (Å²) in [5.74, 6) is -0.833. The average Bonchev–Trinajstić information content (AvgIpc) is 2.39. The Balaban J connectivity index is 2.39. The number of benzene rings is 1. The second kappa shape index (κ2) is 4.78. The zero-order valence-corrected chi connectivity index (χ0v) is 9.58. The second-order valence-corrected chi connectivity index (χ2v) is 3.92. The Labute approximate surface area is 100.0 Å². The highest BCUT2D eigenvalue weighted by Gasteiger charge is 2.20. The predicted octanol–water partition coefficient (Wildman–Crippen LogP) is 2.29. The van der Waals surface area contributed by atoms with E-state index in [1.807, 2.05) is 48.7 Å². The van der Waals surface area contributed by atoms with Crippen molar-refractivity contribution < 1.29 is 14.5 Å². The molecule has 1 aromatic heterocycles. The molecule has 0 fully saturated rings. The van der Waals surface area contributed by atoms with Crippen molar-refractivity contribution in [2.45, 2.75) is 13.0 Å². The largest absolute Gasteiger partial charge is 0.476 e. The Kier molecular flexibility index (Phi) is 3.19. The van der Waals surface area contributed by atoms with E-state index in [2.05, 4.69) is 0 Å². The molecule has 0 radical (unpaired) electrons.